The Balaban J connectivity index is -0.000000370. The van der Waals surface area contributed by atoms with Crippen molar-refractivity contribution in [3.8, 4) is 0 Å². The summed E-state index contributed by atoms with van der Waals surface area (Å²) >= 11 is 0. The van der Waals surface area contributed by atoms with Crippen molar-refractivity contribution in [3.05, 3.63) is 0 Å². The monoisotopic (exact) mass is 409 g/mol. The normalized spacial score (nSPS) is 17.6. The summed E-state index contributed by atoms with van der Waals surface area (Å²) in [6.07, 6.45) is 6.35. The van der Waals surface area contributed by atoms with E-state index in [0.29, 0.717) is 6.41 Å². The molecule has 1 aliphatic heterocycles. The highest BCUT2D eigenvalue weighted by Crippen LogP contribution is 2.18. The first-order valence-corrected chi connectivity index (χ1v) is 9.97. The molecule has 1 heterocycles. The third-order valence-corrected chi connectivity index (χ3v) is 2.78. The Bertz CT molecular complexity index is 336. The third-order valence-electron chi connectivity index (χ3n) is 2.78. The van der Waals surface area contributed by atoms with Crippen LogP contribution in [0.1, 0.15) is 73.6 Å². The van der Waals surface area contributed by atoms with Crippen molar-refractivity contribution in [2.75, 3.05) is 26.9 Å². The molecule has 2 unspecified atom stereocenters. The Morgan fingerprint density at radius 2 is 1.79 bits per heavy atom. The lowest BCUT2D eigenvalue weighted by molar-refractivity contribution is -0.146. The number of carbonyl (C=O) groups is 2. The highest BCUT2D eigenvalue weighted by molar-refractivity contribution is 5.73. The van der Waals surface area contributed by atoms with Crippen LogP contribution >= 0.6 is 0 Å². The van der Waals surface area contributed by atoms with Gasteiger partial charge in [-0.2, -0.15) is 0 Å². The van der Waals surface area contributed by atoms with E-state index in [1.807, 2.05) is 6.92 Å². The standard InChI is InChI=1S/C9H15NO4.C5H12O.C3H8O2.C3H8/c1-7-2-3-8(14-7)5-13-9(12)4-10-6-11;1-3-4-5-6-2;1-3(2,4)5;1-3-2/h6-8H,2-5H2,1H3,(H,10,11);3-5H2,1-2H3;4-5H,1-2H3;3H2,1-2H3. The molecule has 1 saturated heterocycles. The van der Waals surface area contributed by atoms with Gasteiger partial charge in [-0.3, -0.25) is 9.59 Å². The number of amides is 1. The van der Waals surface area contributed by atoms with E-state index < -0.39 is 11.8 Å². The number of aliphatic hydroxyl groups is 2. The molecule has 8 heteroatoms. The summed E-state index contributed by atoms with van der Waals surface area (Å²) in [7, 11) is 1.73. The fourth-order valence-electron chi connectivity index (χ4n) is 1.66. The molecule has 0 bridgehead atoms. The largest absolute Gasteiger partial charge is 0.462 e. The first kappa shape index (κ1) is 31.5. The molecule has 0 saturated carbocycles. The predicted octanol–water partition coefficient (Wildman–Crippen LogP) is 2.40. The van der Waals surface area contributed by atoms with Crippen LogP contribution < -0.4 is 5.32 Å². The van der Waals surface area contributed by atoms with E-state index in [4.69, 9.17) is 24.4 Å². The number of rotatable bonds is 8. The molecule has 28 heavy (non-hydrogen) atoms. The summed E-state index contributed by atoms with van der Waals surface area (Å²) in [5, 5.41) is 18.4. The first-order valence-electron chi connectivity index (χ1n) is 9.97. The van der Waals surface area contributed by atoms with Gasteiger partial charge in [-0.15, -0.1) is 0 Å². The van der Waals surface area contributed by atoms with Crippen molar-refractivity contribution in [2.24, 2.45) is 0 Å². The SMILES string of the molecule is CC(C)(O)O.CC1CCC(COC(=O)CNC=O)O1.CCC.CCCCOC. The van der Waals surface area contributed by atoms with E-state index in [2.05, 4.69) is 26.1 Å². The van der Waals surface area contributed by atoms with Crippen molar-refractivity contribution in [1.82, 2.24) is 5.32 Å². The molecule has 0 aromatic carbocycles. The van der Waals surface area contributed by atoms with Gasteiger partial charge in [0.1, 0.15) is 13.2 Å². The molecule has 0 aromatic heterocycles. The molecular weight excluding hydrogens is 366 g/mol. The van der Waals surface area contributed by atoms with Crippen molar-refractivity contribution in [1.29, 1.82) is 0 Å². The summed E-state index contributed by atoms with van der Waals surface area (Å²) in [5.74, 6) is -1.93. The highest BCUT2D eigenvalue weighted by atomic mass is 16.6. The fraction of sp³-hybridized carbons (Fsp3) is 0.900. The van der Waals surface area contributed by atoms with E-state index in [9.17, 15) is 9.59 Å². The van der Waals surface area contributed by atoms with E-state index >= 15 is 0 Å². The second-order valence-electron chi connectivity index (χ2n) is 6.88. The number of unbranched alkanes of at least 4 members (excludes halogenated alkanes) is 1. The zero-order chi connectivity index (χ0) is 22.4. The highest BCUT2D eigenvalue weighted by Gasteiger charge is 2.22. The number of hydrogen-bond acceptors (Lipinski definition) is 7. The molecular formula is C20H43NO7. The lowest BCUT2D eigenvalue weighted by Gasteiger charge is -2.11. The topological polar surface area (TPSA) is 114 Å². The lowest BCUT2D eigenvalue weighted by atomic mass is 10.2. The molecule has 1 amide bonds. The lowest BCUT2D eigenvalue weighted by Crippen LogP contribution is -2.26. The molecule has 2 atom stereocenters. The maximum absolute atomic E-state index is 10.9. The minimum absolute atomic E-state index is 0.0187. The average molecular weight is 410 g/mol. The Kier molecular flexibility index (Phi) is 24.8. The zero-order valence-corrected chi connectivity index (χ0v) is 18.8. The van der Waals surface area contributed by atoms with Crippen LogP contribution in [0.5, 0.6) is 0 Å². The van der Waals surface area contributed by atoms with Gasteiger partial charge in [0.2, 0.25) is 6.41 Å². The second-order valence-corrected chi connectivity index (χ2v) is 6.88. The van der Waals surface area contributed by atoms with Crippen LogP contribution in [-0.4, -0.2) is 67.5 Å². The second kappa shape index (κ2) is 22.1. The smallest absolute Gasteiger partial charge is 0.325 e. The van der Waals surface area contributed by atoms with Gasteiger partial charge < -0.3 is 29.7 Å². The molecule has 170 valence electrons. The number of ether oxygens (including phenoxy) is 3. The van der Waals surface area contributed by atoms with Gasteiger partial charge >= 0.3 is 5.97 Å². The van der Waals surface area contributed by atoms with Gasteiger partial charge in [-0.05, 0) is 40.0 Å². The molecule has 1 aliphatic rings. The van der Waals surface area contributed by atoms with Crippen LogP contribution in [0.15, 0.2) is 0 Å². The maximum atomic E-state index is 10.9. The van der Waals surface area contributed by atoms with Crippen LogP contribution in [-0.2, 0) is 23.8 Å². The first-order chi connectivity index (χ1) is 13.0. The summed E-state index contributed by atoms with van der Waals surface area (Å²) in [6.45, 7) is 12.1. The Morgan fingerprint density at radius 1 is 1.25 bits per heavy atom. The maximum Gasteiger partial charge on any atom is 0.325 e. The minimum atomic E-state index is -1.50. The van der Waals surface area contributed by atoms with Crippen molar-refractivity contribution >= 4 is 12.4 Å². The van der Waals surface area contributed by atoms with E-state index in [1.54, 1.807) is 7.11 Å². The predicted molar refractivity (Wildman–Crippen MR) is 110 cm³/mol. The van der Waals surface area contributed by atoms with E-state index in [-0.39, 0.29) is 25.4 Å². The number of carbonyl (C=O) groups excluding carboxylic acids is 2. The molecule has 1 rings (SSSR count). The van der Waals surface area contributed by atoms with Gasteiger partial charge in [0.25, 0.3) is 0 Å². The minimum Gasteiger partial charge on any atom is -0.462 e. The van der Waals surface area contributed by atoms with Crippen molar-refractivity contribution in [2.45, 2.75) is 91.6 Å². The fourth-order valence-corrected chi connectivity index (χ4v) is 1.66. The summed E-state index contributed by atoms with van der Waals surface area (Å²) < 4.78 is 15.1. The Morgan fingerprint density at radius 3 is 2.11 bits per heavy atom. The van der Waals surface area contributed by atoms with E-state index in [0.717, 1.165) is 19.4 Å². The van der Waals surface area contributed by atoms with Crippen molar-refractivity contribution < 1.29 is 34.0 Å². The van der Waals surface area contributed by atoms with Crippen LogP contribution in [0.3, 0.4) is 0 Å². The van der Waals surface area contributed by atoms with E-state index in [1.165, 1.54) is 33.1 Å². The van der Waals surface area contributed by atoms with Gasteiger partial charge in [0.05, 0.1) is 12.2 Å². The van der Waals surface area contributed by atoms with Gasteiger partial charge in [0.15, 0.2) is 5.79 Å². The quantitative estimate of drug-likeness (QED) is 0.244. The molecule has 0 spiro atoms. The summed E-state index contributed by atoms with van der Waals surface area (Å²) in [6, 6.07) is 0. The van der Waals surface area contributed by atoms with Gasteiger partial charge in [0, 0.05) is 13.7 Å². The van der Waals surface area contributed by atoms with Gasteiger partial charge in [-0.1, -0.05) is 33.6 Å². The molecule has 0 aliphatic carbocycles. The number of nitrogens with one attached hydrogen (secondary N) is 1. The van der Waals surface area contributed by atoms with Crippen LogP contribution in [0.2, 0.25) is 0 Å². The number of esters is 1. The Labute approximate surface area is 170 Å². The van der Waals surface area contributed by atoms with Gasteiger partial charge in [-0.25, -0.2) is 0 Å². The van der Waals surface area contributed by atoms with Crippen LogP contribution in [0.25, 0.3) is 0 Å². The molecule has 8 nitrogen and oxygen atoms in total. The number of hydrogen-bond donors (Lipinski definition) is 3. The number of methoxy groups -OCH3 is 1. The molecule has 0 aromatic rings. The summed E-state index contributed by atoms with van der Waals surface area (Å²) in [4.78, 5) is 20.8. The average Bonchev–Trinajstić information content (AvgIpc) is 3.01. The zero-order valence-electron chi connectivity index (χ0n) is 18.8. The summed E-state index contributed by atoms with van der Waals surface area (Å²) in [5.41, 5.74) is 0. The molecule has 3 N–H and O–H groups in total. The van der Waals surface area contributed by atoms with Crippen molar-refractivity contribution in [3.63, 3.8) is 0 Å². The molecule has 0 radical (unpaired) electrons. The third kappa shape index (κ3) is 35.8. The molecule has 1 fully saturated rings. The Hall–Kier alpha value is -1.22. The van der Waals surface area contributed by atoms with Crippen LogP contribution in [0.4, 0.5) is 0 Å². The van der Waals surface area contributed by atoms with Crippen LogP contribution in [0, 0.1) is 0 Å².